The van der Waals surface area contributed by atoms with E-state index in [9.17, 15) is 14.4 Å². The maximum atomic E-state index is 12.1. The van der Waals surface area contributed by atoms with Gasteiger partial charge in [-0.25, -0.2) is 4.79 Å². The Morgan fingerprint density at radius 1 is 1.22 bits per heavy atom. The molecule has 2 amide bonds. The van der Waals surface area contributed by atoms with Crippen LogP contribution in [0.1, 0.15) is 26.2 Å². The standard InChI is InChI=1S/C13H15NO4/c1-6(2)13(17)18-14-11(15)9-7-3-4-8(5-7)10(9)12(14)16/h7-10H,1,3-5H2,2H3. The lowest BCUT2D eigenvalue weighted by Crippen LogP contribution is -2.35. The van der Waals surface area contributed by atoms with E-state index < -0.39 is 5.97 Å². The van der Waals surface area contributed by atoms with Crippen LogP contribution in [0.4, 0.5) is 0 Å². The fourth-order valence-corrected chi connectivity index (χ4v) is 3.63. The number of hydrogen-bond acceptors (Lipinski definition) is 4. The van der Waals surface area contributed by atoms with Gasteiger partial charge in [0.2, 0.25) is 0 Å². The van der Waals surface area contributed by atoms with Crippen molar-refractivity contribution in [2.75, 3.05) is 0 Å². The van der Waals surface area contributed by atoms with Gasteiger partial charge in [0.15, 0.2) is 0 Å². The molecule has 0 radical (unpaired) electrons. The Morgan fingerprint density at radius 3 is 2.17 bits per heavy atom. The van der Waals surface area contributed by atoms with E-state index >= 15 is 0 Å². The molecule has 1 heterocycles. The highest BCUT2D eigenvalue weighted by Gasteiger charge is 2.62. The van der Waals surface area contributed by atoms with Crippen LogP contribution in [0.25, 0.3) is 0 Å². The van der Waals surface area contributed by atoms with Gasteiger partial charge in [0, 0.05) is 5.57 Å². The third kappa shape index (κ3) is 1.36. The Bertz CT molecular complexity index is 442. The number of fused-ring (bicyclic) bond motifs is 5. The third-order valence-electron chi connectivity index (χ3n) is 4.41. The number of carbonyl (C=O) groups is 3. The first-order valence-corrected chi connectivity index (χ1v) is 6.26. The van der Waals surface area contributed by atoms with Crippen molar-refractivity contribution in [1.82, 2.24) is 5.06 Å². The quantitative estimate of drug-likeness (QED) is 0.542. The van der Waals surface area contributed by atoms with E-state index in [4.69, 9.17) is 4.84 Å². The smallest absolute Gasteiger partial charge is 0.325 e. The molecule has 1 aliphatic heterocycles. The van der Waals surface area contributed by atoms with Crippen LogP contribution in [-0.2, 0) is 19.2 Å². The van der Waals surface area contributed by atoms with Crippen molar-refractivity contribution >= 4 is 17.8 Å². The number of carbonyl (C=O) groups excluding carboxylic acids is 3. The van der Waals surface area contributed by atoms with Crippen molar-refractivity contribution in [2.45, 2.75) is 26.2 Å². The largest absolute Gasteiger partial charge is 0.359 e. The van der Waals surface area contributed by atoms with E-state index in [1.54, 1.807) is 0 Å². The third-order valence-corrected chi connectivity index (χ3v) is 4.41. The van der Waals surface area contributed by atoms with Gasteiger partial charge in [-0.3, -0.25) is 9.59 Å². The molecule has 0 aromatic heterocycles. The van der Waals surface area contributed by atoms with Crippen LogP contribution in [0.3, 0.4) is 0 Å². The molecule has 96 valence electrons. The summed E-state index contributed by atoms with van der Waals surface area (Å²) in [5.41, 5.74) is 0.177. The molecule has 0 spiro atoms. The number of hydroxylamine groups is 2. The Labute approximate surface area is 105 Å². The Balaban J connectivity index is 1.82. The molecular weight excluding hydrogens is 234 g/mol. The summed E-state index contributed by atoms with van der Waals surface area (Å²) in [5, 5.41) is 0.677. The summed E-state index contributed by atoms with van der Waals surface area (Å²) in [4.78, 5) is 40.6. The first-order valence-electron chi connectivity index (χ1n) is 6.26. The predicted octanol–water partition coefficient (Wildman–Crippen LogP) is 1.05. The normalized spacial score (nSPS) is 37.1. The van der Waals surface area contributed by atoms with Crippen LogP contribution in [0.5, 0.6) is 0 Å². The van der Waals surface area contributed by atoms with E-state index in [0.717, 1.165) is 19.3 Å². The summed E-state index contributed by atoms with van der Waals surface area (Å²) in [6.07, 6.45) is 2.98. The van der Waals surface area contributed by atoms with E-state index in [1.807, 2.05) is 0 Å². The maximum Gasteiger partial charge on any atom is 0.359 e. The van der Waals surface area contributed by atoms with Gasteiger partial charge in [0.25, 0.3) is 11.8 Å². The minimum absolute atomic E-state index is 0.177. The number of imide groups is 1. The molecule has 3 aliphatic rings. The zero-order valence-corrected chi connectivity index (χ0v) is 10.2. The van der Waals surface area contributed by atoms with Gasteiger partial charge in [0.05, 0.1) is 11.8 Å². The van der Waals surface area contributed by atoms with Crippen molar-refractivity contribution < 1.29 is 19.2 Å². The van der Waals surface area contributed by atoms with Crippen molar-refractivity contribution in [2.24, 2.45) is 23.7 Å². The van der Waals surface area contributed by atoms with Crippen LogP contribution in [-0.4, -0.2) is 22.8 Å². The minimum Gasteiger partial charge on any atom is -0.325 e. The van der Waals surface area contributed by atoms with Gasteiger partial charge in [-0.1, -0.05) is 6.58 Å². The number of rotatable bonds is 2. The number of amides is 2. The van der Waals surface area contributed by atoms with E-state index in [-0.39, 0.29) is 29.2 Å². The second kappa shape index (κ2) is 3.67. The van der Waals surface area contributed by atoms with Crippen molar-refractivity contribution in [3.63, 3.8) is 0 Å². The molecule has 5 nitrogen and oxygen atoms in total. The summed E-state index contributed by atoms with van der Waals surface area (Å²) in [6, 6.07) is 0. The molecule has 1 saturated heterocycles. The molecule has 3 fully saturated rings. The molecule has 4 atom stereocenters. The first kappa shape index (κ1) is 11.4. The molecule has 0 aromatic rings. The van der Waals surface area contributed by atoms with Crippen LogP contribution in [0.15, 0.2) is 12.2 Å². The molecule has 2 saturated carbocycles. The van der Waals surface area contributed by atoms with Crippen molar-refractivity contribution in [3.8, 4) is 0 Å². The van der Waals surface area contributed by atoms with Crippen molar-refractivity contribution in [3.05, 3.63) is 12.2 Å². The highest BCUT2D eigenvalue weighted by atomic mass is 16.7. The lowest BCUT2D eigenvalue weighted by atomic mass is 9.81. The minimum atomic E-state index is -0.718. The average molecular weight is 249 g/mol. The second-order valence-corrected chi connectivity index (χ2v) is 5.51. The maximum absolute atomic E-state index is 12.1. The molecular formula is C13H15NO4. The molecule has 2 bridgehead atoms. The molecule has 2 aliphatic carbocycles. The van der Waals surface area contributed by atoms with Gasteiger partial charge in [-0.2, -0.15) is 0 Å². The van der Waals surface area contributed by atoms with Crippen LogP contribution < -0.4 is 0 Å². The highest BCUT2D eigenvalue weighted by Crippen LogP contribution is 2.56. The summed E-state index contributed by atoms with van der Waals surface area (Å²) in [5.74, 6) is -1.32. The Kier molecular flexibility index (Phi) is 2.33. The molecule has 18 heavy (non-hydrogen) atoms. The molecule has 0 aromatic carbocycles. The van der Waals surface area contributed by atoms with Crippen LogP contribution in [0, 0.1) is 23.7 Å². The van der Waals surface area contributed by atoms with Gasteiger partial charge < -0.3 is 4.84 Å². The van der Waals surface area contributed by atoms with E-state index in [2.05, 4.69) is 6.58 Å². The lowest BCUT2D eigenvalue weighted by molar-refractivity contribution is -0.196. The monoisotopic (exact) mass is 249 g/mol. The SMILES string of the molecule is C=C(C)C(=O)ON1C(=O)C2C3CCC(C3)C2C1=O. The summed E-state index contributed by atoms with van der Waals surface area (Å²) < 4.78 is 0. The highest BCUT2D eigenvalue weighted by molar-refractivity contribution is 6.06. The average Bonchev–Trinajstić information content (AvgIpc) is 2.98. The summed E-state index contributed by atoms with van der Waals surface area (Å²) >= 11 is 0. The van der Waals surface area contributed by atoms with E-state index in [1.165, 1.54) is 6.92 Å². The van der Waals surface area contributed by atoms with Gasteiger partial charge >= 0.3 is 5.97 Å². The summed E-state index contributed by atoms with van der Waals surface area (Å²) in [6.45, 7) is 4.92. The Hall–Kier alpha value is -1.65. The van der Waals surface area contributed by atoms with Gasteiger partial charge in [-0.15, -0.1) is 5.06 Å². The topological polar surface area (TPSA) is 63.7 Å². The van der Waals surface area contributed by atoms with Gasteiger partial charge in [0.1, 0.15) is 0 Å². The summed E-state index contributed by atoms with van der Waals surface area (Å²) in [7, 11) is 0. The lowest BCUT2D eigenvalue weighted by Gasteiger charge is -2.18. The second-order valence-electron chi connectivity index (χ2n) is 5.51. The first-order chi connectivity index (χ1) is 8.50. The van der Waals surface area contributed by atoms with Crippen LogP contribution >= 0.6 is 0 Å². The zero-order valence-electron chi connectivity index (χ0n) is 10.2. The number of nitrogens with zero attached hydrogens (tertiary/aromatic N) is 1. The fraction of sp³-hybridized carbons (Fsp3) is 0.615. The zero-order chi connectivity index (χ0) is 13.0. The molecule has 5 heteroatoms. The molecule has 0 N–H and O–H groups in total. The van der Waals surface area contributed by atoms with Crippen molar-refractivity contribution in [1.29, 1.82) is 0 Å². The van der Waals surface area contributed by atoms with E-state index in [0.29, 0.717) is 16.9 Å². The number of hydrogen-bond donors (Lipinski definition) is 0. The van der Waals surface area contributed by atoms with Gasteiger partial charge in [-0.05, 0) is 38.0 Å². The molecule has 3 rings (SSSR count). The fourth-order valence-electron chi connectivity index (χ4n) is 3.63. The van der Waals surface area contributed by atoms with Crippen LogP contribution in [0.2, 0.25) is 0 Å². The Morgan fingerprint density at radius 2 is 1.72 bits per heavy atom. The molecule has 4 unspecified atom stereocenters. The predicted molar refractivity (Wildman–Crippen MR) is 60.6 cm³/mol.